The van der Waals surface area contributed by atoms with Crippen molar-refractivity contribution < 1.29 is 19.0 Å². The lowest BCUT2D eigenvalue weighted by atomic mass is 10.2. The van der Waals surface area contributed by atoms with Gasteiger partial charge in [-0.2, -0.15) is 0 Å². The van der Waals surface area contributed by atoms with Gasteiger partial charge in [0.2, 0.25) is 18.4 Å². The zero-order chi connectivity index (χ0) is 14.7. The molecule has 1 amide bonds. The van der Waals surface area contributed by atoms with Gasteiger partial charge in [0.15, 0.2) is 11.5 Å². The molecule has 2 aliphatic rings. The van der Waals surface area contributed by atoms with E-state index < -0.39 is 0 Å². The predicted octanol–water partition coefficient (Wildman–Crippen LogP) is 1.18. The van der Waals surface area contributed by atoms with Crippen LogP contribution in [0.4, 0.5) is 0 Å². The number of amides is 1. The maximum Gasteiger partial charge on any atom is 0.231 e. The van der Waals surface area contributed by atoms with Gasteiger partial charge in [-0.1, -0.05) is 0 Å². The van der Waals surface area contributed by atoms with Crippen molar-refractivity contribution in [2.45, 2.75) is 31.8 Å². The van der Waals surface area contributed by atoms with E-state index in [9.17, 15) is 4.79 Å². The second-order valence-electron chi connectivity index (χ2n) is 5.30. The smallest absolute Gasteiger partial charge is 0.231 e. The van der Waals surface area contributed by atoms with Crippen molar-refractivity contribution in [3.8, 4) is 17.2 Å². The van der Waals surface area contributed by atoms with E-state index in [-0.39, 0.29) is 12.7 Å². The molecule has 0 bridgehead atoms. The summed E-state index contributed by atoms with van der Waals surface area (Å²) in [6, 6.07) is 4.28. The first-order valence-electron chi connectivity index (χ1n) is 7.23. The second-order valence-corrected chi connectivity index (χ2v) is 5.30. The Kier molecular flexibility index (Phi) is 4.15. The molecule has 1 saturated carbocycles. The van der Waals surface area contributed by atoms with Crippen LogP contribution in [0.15, 0.2) is 12.1 Å². The second kappa shape index (κ2) is 6.22. The number of hydrogen-bond acceptors (Lipinski definition) is 5. The number of methoxy groups -OCH3 is 1. The number of fused-ring (bicyclic) bond motifs is 1. The number of carbonyl (C=O) groups excluding carboxylic acids is 1. The van der Waals surface area contributed by atoms with Gasteiger partial charge in [-0.05, 0) is 30.5 Å². The first-order valence-corrected chi connectivity index (χ1v) is 7.23. The number of benzene rings is 1. The molecule has 1 aliphatic heterocycles. The van der Waals surface area contributed by atoms with Crippen LogP contribution >= 0.6 is 0 Å². The molecule has 2 N–H and O–H groups in total. The van der Waals surface area contributed by atoms with Crippen LogP contribution < -0.4 is 24.8 Å². The van der Waals surface area contributed by atoms with Gasteiger partial charge in [0.05, 0.1) is 7.11 Å². The van der Waals surface area contributed by atoms with Gasteiger partial charge in [-0.3, -0.25) is 4.79 Å². The molecule has 0 radical (unpaired) electrons. The van der Waals surface area contributed by atoms with E-state index in [1.807, 2.05) is 12.1 Å². The summed E-state index contributed by atoms with van der Waals surface area (Å²) in [5, 5.41) is 6.23. The van der Waals surface area contributed by atoms with E-state index in [0.29, 0.717) is 42.8 Å². The largest absolute Gasteiger partial charge is 0.493 e. The van der Waals surface area contributed by atoms with Crippen molar-refractivity contribution in [1.82, 2.24) is 10.6 Å². The molecular weight excluding hydrogens is 272 g/mol. The Balaban J connectivity index is 1.47. The molecule has 0 atom stereocenters. The van der Waals surface area contributed by atoms with Crippen molar-refractivity contribution in [2.24, 2.45) is 0 Å². The van der Waals surface area contributed by atoms with Crippen molar-refractivity contribution in [1.29, 1.82) is 0 Å². The van der Waals surface area contributed by atoms with E-state index in [2.05, 4.69) is 10.6 Å². The third-order valence-electron chi connectivity index (χ3n) is 3.52. The van der Waals surface area contributed by atoms with Crippen molar-refractivity contribution in [2.75, 3.05) is 20.4 Å². The van der Waals surface area contributed by atoms with Crippen LogP contribution in [-0.4, -0.2) is 32.4 Å². The van der Waals surface area contributed by atoms with Gasteiger partial charge < -0.3 is 24.8 Å². The first kappa shape index (κ1) is 14.0. The molecule has 1 aliphatic carbocycles. The monoisotopic (exact) mass is 292 g/mol. The van der Waals surface area contributed by atoms with Gasteiger partial charge in [0.1, 0.15) is 0 Å². The Morgan fingerprint density at radius 1 is 1.38 bits per heavy atom. The summed E-state index contributed by atoms with van der Waals surface area (Å²) < 4.78 is 16.0. The summed E-state index contributed by atoms with van der Waals surface area (Å²) in [6.07, 6.45) is 2.74. The van der Waals surface area contributed by atoms with E-state index in [0.717, 1.165) is 18.4 Å². The minimum atomic E-state index is 0.119. The zero-order valence-corrected chi connectivity index (χ0v) is 12.1. The van der Waals surface area contributed by atoms with Crippen LogP contribution in [0, 0.1) is 0 Å². The third-order valence-corrected chi connectivity index (χ3v) is 3.52. The summed E-state index contributed by atoms with van der Waals surface area (Å²) in [5.41, 5.74) is 1.04. The Bertz CT molecular complexity index is 529. The van der Waals surface area contributed by atoms with E-state index in [1.54, 1.807) is 7.11 Å². The van der Waals surface area contributed by atoms with Gasteiger partial charge in [-0.15, -0.1) is 0 Å². The average Bonchev–Trinajstić information content (AvgIpc) is 3.16. The summed E-state index contributed by atoms with van der Waals surface area (Å²) in [4.78, 5) is 11.6. The highest BCUT2D eigenvalue weighted by Crippen LogP contribution is 2.41. The molecule has 6 heteroatoms. The van der Waals surface area contributed by atoms with Crippen LogP contribution in [-0.2, 0) is 11.3 Å². The van der Waals surface area contributed by atoms with Crippen molar-refractivity contribution in [3.63, 3.8) is 0 Å². The van der Waals surface area contributed by atoms with Crippen LogP contribution in [0.25, 0.3) is 0 Å². The molecule has 0 saturated heterocycles. The van der Waals surface area contributed by atoms with E-state index >= 15 is 0 Å². The summed E-state index contributed by atoms with van der Waals surface area (Å²) in [7, 11) is 1.61. The Morgan fingerprint density at radius 3 is 3.00 bits per heavy atom. The molecule has 1 heterocycles. The molecule has 21 heavy (non-hydrogen) atoms. The topological polar surface area (TPSA) is 68.8 Å². The van der Waals surface area contributed by atoms with Gasteiger partial charge in [0, 0.05) is 25.6 Å². The number of carbonyl (C=O) groups is 1. The molecule has 114 valence electrons. The van der Waals surface area contributed by atoms with Crippen LogP contribution in [0.3, 0.4) is 0 Å². The standard InChI is InChI=1S/C15H20N2O4/c1-19-12-6-10(7-13-15(12)21-9-20-13)8-16-5-4-14(18)17-11-2-3-11/h6-7,11,16H,2-5,8-9H2,1H3,(H,17,18). The quantitative estimate of drug-likeness (QED) is 0.739. The molecule has 1 aromatic carbocycles. The van der Waals surface area contributed by atoms with Gasteiger partial charge in [-0.25, -0.2) is 0 Å². The summed E-state index contributed by atoms with van der Waals surface area (Å²) >= 11 is 0. The molecule has 1 aromatic rings. The Morgan fingerprint density at radius 2 is 2.24 bits per heavy atom. The molecule has 0 spiro atoms. The average molecular weight is 292 g/mol. The molecular formula is C15H20N2O4. The third kappa shape index (κ3) is 3.58. The molecule has 0 aromatic heterocycles. The normalized spacial score (nSPS) is 15.9. The number of hydrogen-bond donors (Lipinski definition) is 2. The lowest BCUT2D eigenvalue weighted by Crippen LogP contribution is -2.29. The number of nitrogens with one attached hydrogen (secondary N) is 2. The molecule has 3 rings (SSSR count). The Labute approximate surface area is 123 Å². The van der Waals surface area contributed by atoms with E-state index in [4.69, 9.17) is 14.2 Å². The van der Waals surface area contributed by atoms with Crippen LogP contribution in [0.5, 0.6) is 17.2 Å². The summed E-state index contributed by atoms with van der Waals surface area (Å²) in [5.74, 6) is 2.16. The Hall–Kier alpha value is -1.95. The summed E-state index contributed by atoms with van der Waals surface area (Å²) in [6.45, 7) is 1.53. The number of ether oxygens (including phenoxy) is 3. The molecule has 0 unspecified atom stereocenters. The van der Waals surface area contributed by atoms with Crippen molar-refractivity contribution >= 4 is 5.91 Å². The van der Waals surface area contributed by atoms with Crippen LogP contribution in [0.2, 0.25) is 0 Å². The highest BCUT2D eigenvalue weighted by molar-refractivity contribution is 5.76. The molecule has 6 nitrogen and oxygen atoms in total. The molecule has 1 fully saturated rings. The maximum absolute atomic E-state index is 11.6. The first-order chi connectivity index (χ1) is 10.3. The maximum atomic E-state index is 11.6. The van der Waals surface area contributed by atoms with Crippen molar-refractivity contribution in [3.05, 3.63) is 17.7 Å². The number of rotatable bonds is 7. The van der Waals surface area contributed by atoms with E-state index in [1.165, 1.54) is 0 Å². The highest BCUT2D eigenvalue weighted by Gasteiger charge is 2.23. The fourth-order valence-corrected chi connectivity index (χ4v) is 2.25. The predicted molar refractivity (Wildman–Crippen MR) is 76.6 cm³/mol. The SMILES string of the molecule is COc1cc(CNCCC(=O)NC2CC2)cc2c1OCO2. The zero-order valence-electron chi connectivity index (χ0n) is 12.1. The minimum absolute atomic E-state index is 0.119. The fourth-order valence-electron chi connectivity index (χ4n) is 2.25. The lowest BCUT2D eigenvalue weighted by Gasteiger charge is -2.09. The highest BCUT2D eigenvalue weighted by atomic mass is 16.7. The van der Waals surface area contributed by atoms with Crippen LogP contribution in [0.1, 0.15) is 24.8 Å². The minimum Gasteiger partial charge on any atom is -0.493 e. The lowest BCUT2D eigenvalue weighted by molar-refractivity contribution is -0.121. The van der Waals surface area contributed by atoms with Gasteiger partial charge >= 0.3 is 0 Å². The van der Waals surface area contributed by atoms with Gasteiger partial charge in [0.25, 0.3) is 0 Å². The fraction of sp³-hybridized carbons (Fsp3) is 0.533.